The molecule has 0 saturated heterocycles. The second-order valence-electron chi connectivity index (χ2n) is 5.83. The number of aromatic nitrogens is 3. The highest BCUT2D eigenvalue weighted by molar-refractivity contribution is 7.99. The van der Waals surface area contributed by atoms with Crippen LogP contribution in [0.4, 0.5) is 5.69 Å². The van der Waals surface area contributed by atoms with Gasteiger partial charge in [-0.05, 0) is 49.6 Å². The van der Waals surface area contributed by atoms with Gasteiger partial charge in [-0.1, -0.05) is 23.9 Å². The minimum absolute atomic E-state index is 0.0726. The molecule has 1 N–H and O–H groups in total. The van der Waals surface area contributed by atoms with Gasteiger partial charge in [0.25, 0.3) is 0 Å². The number of carbonyl (C=O) groups excluding carboxylic acids is 1. The molecule has 0 spiro atoms. The molecule has 0 bridgehead atoms. The second kappa shape index (κ2) is 7.53. The molecule has 6 heteroatoms. The van der Waals surface area contributed by atoms with Gasteiger partial charge in [0.2, 0.25) is 5.91 Å². The Bertz CT molecular complexity index is 904. The summed E-state index contributed by atoms with van der Waals surface area (Å²) in [6, 6.07) is 8.05. The van der Waals surface area contributed by atoms with Crippen LogP contribution in [0, 0.1) is 20.8 Å². The van der Waals surface area contributed by atoms with Crippen molar-refractivity contribution in [3.63, 3.8) is 0 Å². The summed E-state index contributed by atoms with van der Waals surface area (Å²) in [4.78, 5) is 20.7. The van der Waals surface area contributed by atoms with E-state index in [1.165, 1.54) is 22.9 Å². The summed E-state index contributed by atoms with van der Waals surface area (Å²) in [5.41, 5.74) is 5.25. The molecule has 1 aromatic carbocycles. The van der Waals surface area contributed by atoms with Crippen LogP contribution < -0.4 is 5.32 Å². The van der Waals surface area contributed by atoms with Crippen molar-refractivity contribution in [1.29, 1.82) is 0 Å². The Kier molecular flexibility index (Phi) is 5.19. The third kappa shape index (κ3) is 3.91. The molecule has 0 aliphatic carbocycles. The molecule has 3 rings (SSSR count). The van der Waals surface area contributed by atoms with Crippen LogP contribution in [0.5, 0.6) is 0 Å². The maximum absolute atomic E-state index is 12.2. The zero-order valence-electron chi connectivity index (χ0n) is 14.5. The number of carbonyl (C=O) groups is 1. The van der Waals surface area contributed by atoms with Gasteiger partial charge in [-0.15, -0.1) is 0 Å². The second-order valence-corrected chi connectivity index (χ2v) is 6.77. The lowest BCUT2D eigenvalue weighted by atomic mass is 10.1. The van der Waals surface area contributed by atoms with Gasteiger partial charge in [-0.25, -0.2) is 4.98 Å². The molecule has 3 aromatic rings. The molecule has 128 valence electrons. The van der Waals surface area contributed by atoms with Gasteiger partial charge in [-0.3, -0.25) is 14.3 Å². The molecule has 2 aromatic heterocycles. The molecule has 0 saturated carbocycles. The van der Waals surface area contributed by atoms with Crippen molar-refractivity contribution >= 4 is 23.4 Å². The average molecular weight is 352 g/mol. The topological polar surface area (TPSA) is 59.8 Å². The number of nitrogens with one attached hydrogen (secondary N) is 1. The van der Waals surface area contributed by atoms with Gasteiger partial charge in [-0.2, -0.15) is 0 Å². The fourth-order valence-electron chi connectivity index (χ4n) is 2.49. The normalized spacial score (nSPS) is 10.7. The van der Waals surface area contributed by atoms with Crippen molar-refractivity contribution in [2.45, 2.75) is 25.9 Å². The minimum atomic E-state index is -0.0726. The number of hydrogen-bond acceptors (Lipinski definition) is 4. The van der Waals surface area contributed by atoms with Crippen molar-refractivity contribution < 1.29 is 4.79 Å². The summed E-state index contributed by atoms with van der Waals surface area (Å²) >= 11 is 1.42. The Balaban J connectivity index is 1.71. The van der Waals surface area contributed by atoms with Crippen LogP contribution in [0.25, 0.3) is 5.69 Å². The number of pyridine rings is 1. The van der Waals surface area contributed by atoms with Gasteiger partial charge >= 0.3 is 0 Å². The van der Waals surface area contributed by atoms with Crippen LogP contribution >= 0.6 is 11.8 Å². The molecule has 0 radical (unpaired) electrons. The van der Waals surface area contributed by atoms with Crippen LogP contribution in [-0.2, 0) is 4.79 Å². The molecule has 5 nitrogen and oxygen atoms in total. The standard InChI is InChI=1S/C19H20N4OS/c1-13-5-4-6-17(15(13)3)23-10-9-21-19(23)25-12-18(24)22-16-11-20-8-7-14(16)2/h4-11H,12H2,1-3H3,(H,22,24). The predicted molar refractivity (Wildman–Crippen MR) is 101 cm³/mol. The van der Waals surface area contributed by atoms with Crippen molar-refractivity contribution in [2.75, 3.05) is 11.1 Å². The number of imidazole rings is 1. The number of thioether (sulfide) groups is 1. The third-order valence-corrected chi connectivity index (χ3v) is 5.05. The predicted octanol–water partition coefficient (Wildman–Crippen LogP) is 3.92. The molecule has 0 fully saturated rings. The van der Waals surface area contributed by atoms with E-state index in [2.05, 4.69) is 41.3 Å². The van der Waals surface area contributed by atoms with E-state index in [0.29, 0.717) is 0 Å². The SMILES string of the molecule is Cc1ccncc1NC(=O)CSc1nccn1-c1cccc(C)c1C. The fourth-order valence-corrected chi connectivity index (χ4v) is 3.25. The molecular weight excluding hydrogens is 332 g/mol. The quantitative estimate of drug-likeness (QED) is 0.707. The number of aryl methyl sites for hydroxylation is 2. The Hall–Kier alpha value is -2.60. The third-order valence-electron chi connectivity index (χ3n) is 4.09. The Morgan fingerprint density at radius 2 is 2.00 bits per heavy atom. The largest absolute Gasteiger partial charge is 0.324 e. The molecule has 2 heterocycles. The van der Waals surface area contributed by atoms with Crippen LogP contribution in [0.15, 0.2) is 54.2 Å². The maximum Gasteiger partial charge on any atom is 0.234 e. The van der Waals surface area contributed by atoms with E-state index in [1.807, 2.05) is 29.8 Å². The molecular formula is C19H20N4OS. The lowest BCUT2D eigenvalue weighted by Gasteiger charge is -2.12. The van der Waals surface area contributed by atoms with Crippen molar-refractivity contribution in [3.05, 3.63) is 65.7 Å². The van der Waals surface area contributed by atoms with Crippen LogP contribution in [0.1, 0.15) is 16.7 Å². The summed E-state index contributed by atoms with van der Waals surface area (Å²) in [7, 11) is 0. The summed E-state index contributed by atoms with van der Waals surface area (Å²) in [6.45, 7) is 6.13. The van der Waals surface area contributed by atoms with Crippen molar-refractivity contribution in [3.8, 4) is 5.69 Å². The number of rotatable bonds is 5. The van der Waals surface area contributed by atoms with Gasteiger partial charge in [0.15, 0.2) is 5.16 Å². The van der Waals surface area contributed by atoms with Crippen LogP contribution in [0.3, 0.4) is 0 Å². The average Bonchev–Trinajstić information content (AvgIpc) is 3.06. The Morgan fingerprint density at radius 1 is 1.16 bits per heavy atom. The van der Waals surface area contributed by atoms with Crippen molar-refractivity contribution in [2.24, 2.45) is 0 Å². The number of anilines is 1. The zero-order chi connectivity index (χ0) is 17.8. The van der Waals surface area contributed by atoms with E-state index >= 15 is 0 Å². The molecule has 0 aliphatic heterocycles. The maximum atomic E-state index is 12.2. The number of benzene rings is 1. The Morgan fingerprint density at radius 3 is 2.80 bits per heavy atom. The van der Waals surface area contributed by atoms with Gasteiger partial charge in [0, 0.05) is 18.6 Å². The van der Waals surface area contributed by atoms with E-state index in [-0.39, 0.29) is 11.7 Å². The number of hydrogen-bond donors (Lipinski definition) is 1. The molecule has 0 aliphatic rings. The molecule has 0 atom stereocenters. The first-order valence-electron chi connectivity index (χ1n) is 7.99. The first-order valence-corrected chi connectivity index (χ1v) is 8.98. The van der Waals surface area contributed by atoms with E-state index in [0.717, 1.165) is 22.1 Å². The van der Waals surface area contributed by atoms with Gasteiger partial charge in [0.05, 0.1) is 23.3 Å². The van der Waals surface area contributed by atoms with Crippen LogP contribution in [-0.4, -0.2) is 26.2 Å². The number of amides is 1. The lowest BCUT2D eigenvalue weighted by Crippen LogP contribution is -2.15. The van der Waals surface area contributed by atoms with Crippen LogP contribution in [0.2, 0.25) is 0 Å². The monoisotopic (exact) mass is 352 g/mol. The summed E-state index contributed by atoms with van der Waals surface area (Å²) in [5, 5.41) is 3.69. The van der Waals surface area contributed by atoms with E-state index in [4.69, 9.17) is 0 Å². The number of nitrogens with zero attached hydrogens (tertiary/aromatic N) is 3. The Labute approximate surface area is 151 Å². The molecule has 25 heavy (non-hydrogen) atoms. The van der Waals surface area contributed by atoms with E-state index < -0.39 is 0 Å². The van der Waals surface area contributed by atoms with Gasteiger partial charge in [0.1, 0.15) is 0 Å². The molecule has 1 amide bonds. The van der Waals surface area contributed by atoms with Gasteiger partial charge < -0.3 is 5.32 Å². The molecule has 0 unspecified atom stereocenters. The fraction of sp³-hybridized carbons (Fsp3) is 0.211. The summed E-state index contributed by atoms with van der Waals surface area (Å²) < 4.78 is 2.02. The summed E-state index contributed by atoms with van der Waals surface area (Å²) in [5.74, 6) is 0.215. The first-order chi connectivity index (χ1) is 12.1. The van der Waals surface area contributed by atoms with Crippen molar-refractivity contribution in [1.82, 2.24) is 14.5 Å². The van der Waals surface area contributed by atoms with E-state index in [1.54, 1.807) is 18.6 Å². The highest BCUT2D eigenvalue weighted by Crippen LogP contribution is 2.24. The lowest BCUT2D eigenvalue weighted by molar-refractivity contribution is -0.113. The summed E-state index contributed by atoms with van der Waals surface area (Å²) in [6.07, 6.45) is 7.05. The smallest absolute Gasteiger partial charge is 0.234 e. The zero-order valence-corrected chi connectivity index (χ0v) is 15.3. The van der Waals surface area contributed by atoms with E-state index in [9.17, 15) is 4.79 Å². The minimum Gasteiger partial charge on any atom is -0.324 e. The highest BCUT2D eigenvalue weighted by Gasteiger charge is 2.12. The highest BCUT2D eigenvalue weighted by atomic mass is 32.2. The first kappa shape index (κ1) is 17.2.